The maximum Gasteiger partial charge on any atom is 0.160 e. The van der Waals surface area contributed by atoms with Gasteiger partial charge in [0.25, 0.3) is 0 Å². The third-order valence-corrected chi connectivity index (χ3v) is 5.52. The molecule has 3 aromatic carbocycles. The van der Waals surface area contributed by atoms with Crippen LogP contribution < -0.4 is 0 Å². The molecule has 0 aliphatic heterocycles. The molecule has 24 heavy (non-hydrogen) atoms. The molecular formula is C20H11F2NS. The van der Waals surface area contributed by atoms with Crippen molar-refractivity contribution in [1.29, 1.82) is 0 Å². The summed E-state index contributed by atoms with van der Waals surface area (Å²) in [5.74, 6) is -1.64. The number of nitrogens with zero attached hydrogens (tertiary/aromatic N) is 1. The van der Waals surface area contributed by atoms with E-state index in [0.29, 0.717) is 5.52 Å². The van der Waals surface area contributed by atoms with Crippen molar-refractivity contribution in [3.8, 4) is 5.69 Å². The standard InChI is InChI=1S/C20H11F2NS/c21-15-10-14-17(11-16(15)22)23(12-6-2-1-3-7-12)19-13-8-4-5-9-18(13)24-20(14)19/h1-11H. The zero-order chi connectivity index (χ0) is 16.3. The highest BCUT2D eigenvalue weighted by atomic mass is 32.1. The minimum absolute atomic E-state index is 0.687. The van der Waals surface area contributed by atoms with E-state index >= 15 is 0 Å². The number of benzene rings is 3. The molecule has 0 aliphatic rings. The molecule has 0 bridgehead atoms. The van der Waals surface area contributed by atoms with Gasteiger partial charge in [0.15, 0.2) is 11.6 Å². The van der Waals surface area contributed by atoms with Crippen LogP contribution in [0, 0.1) is 11.6 Å². The van der Waals surface area contributed by atoms with Crippen LogP contribution in [0.3, 0.4) is 0 Å². The number of thiophene rings is 1. The van der Waals surface area contributed by atoms with Gasteiger partial charge in [-0.3, -0.25) is 0 Å². The summed E-state index contributed by atoms with van der Waals surface area (Å²) in [4.78, 5) is 0. The molecule has 0 aliphatic carbocycles. The molecular weight excluding hydrogens is 324 g/mol. The van der Waals surface area contributed by atoms with Crippen molar-refractivity contribution >= 4 is 42.5 Å². The van der Waals surface area contributed by atoms with Crippen LogP contribution in [-0.2, 0) is 0 Å². The SMILES string of the molecule is Fc1cc2c3sc4ccccc4c3n(-c3ccccc3)c2cc1F. The molecule has 0 saturated carbocycles. The van der Waals surface area contributed by atoms with Gasteiger partial charge in [-0.1, -0.05) is 36.4 Å². The molecule has 4 heteroatoms. The number of hydrogen-bond acceptors (Lipinski definition) is 1. The second kappa shape index (κ2) is 4.89. The lowest BCUT2D eigenvalue weighted by atomic mass is 10.2. The van der Waals surface area contributed by atoms with Crippen molar-refractivity contribution in [2.24, 2.45) is 0 Å². The summed E-state index contributed by atoms with van der Waals surface area (Å²) in [7, 11) is 0. The minimum Gasteiger partial charge on any atom is -0.308 e. The zero-order valence-electron chi connectivity index (χ0n) is 12.5. The lowest BCUT2D eigenvalue weighted by molar-refractivity contribution is 0.510. The lowest BCUT2D eigenvalue weighted by Crippen LogP contribution is -1.94. The molecule has 0 radical (unpaired) electrons. The van der Waals surface area contributed by atoms with Gasteiger partial charge in [-0.05, 0) is 24.3 Å². The van der Waals surface area contributed by atoms with Gasteiger partial charge in [0.2, 0.25) is 0 Å². The molecule has 0 N–H and O–H groups in total. The topological polar surface area (TPSA) is 4.93 Å². The summed E-state index contributed by atoms with van der Waals surface area (Å²) in [6.07, 6.45) is 0. The number of hydrogen-bond donors (Lipinski definition) is 0. The first-order valence-electron chi connectivity index (χ1n) is 7.60. The molecule has 0 atom stereocenters. The van der Waals surface area contributed by atoms with Gasteiger partial charge in [-0.25, -0.2) is 8.78 Å². The molecule has 2 aromatic heterocycles. The van der Waals surface area contributed by atoms with Gasteiger partial charge in [0, 0.05) is 27.2 Å². The highest BCUT2D eigenvalue weighted by Gasteiger charge is 2.19. The Labute approximate surface area is 140 Å². The molecule has 0 saturated heterocycles. The Morgan fingerprint density at radius 2 is 1.46 bits per heavy atom. The maximum atomic E-state index is 13.9. The van der Waals surface area contributed by atoms with Crippen molar-refractivity contribution in [3.05, 3.63) is 78.4 Å². The molecule has 0 spiro atoms. The summed E-state index contributed by atoms with van der Waals surface area (Å²) in [6, 6.07) is 20.5. The van der Waals surface area contributed by atoms with Crippen LogP contribution in [0.2, 0.25) is 0 Å². The van der Waals surface area contributed by atoms with E-state index in [4.69, 9.17) is 0 Å². The predicted octanol–water partition coefficient (Wildman–Crippen LogP) is 6.28. The van der Waals surface area contributed by atoms with Gasteiger partial charge < -0.3 is 4.57 Å². The number of halogens is 2. The van der Waals surface area contributed by atoms with Crippen LogP contribution in [0.15, 0.2) is 66.7 Å². The van der Waals surface area contributed by atoms with E-state index in [1.807, 2.05) is 47.0 Å². The molecule has 0 unspecified atom stereocenters. The number of para-hydroxylation sites is 1. The molecule has 5 rings (SSSR count). The summed E-state index contributed by atoms with van der Waals surface area (Å²) in [5, 5.41) is 1.84. The summed E-state index contributed by atoms with van der Waals surface area (Å²) in [5.41, 5.74) is 2.63. The van der Waals surface area contributed by atoms with E-state index in [2.05, 4.69) is 12.1 Å². The van der Waals surface area contributed by atoms with Gasteiger partial charge in [-0.2, -0.15) is 0 Å². The van der Waals surface area contributed by atoms with Crippen molar-refractivity contribution in [2.75, 3.05) is 0 Å². The highest BCUT2D eigenvalue weighted by Crippen LogP contribution is 2.42. The Balaban J connectivity index is 2.08. The average molecular weight is 335 g/mol. The largest absolute Gasteiger partial charge is 0.308 e. The van der Waals surface area contributed by atoms with E-state index < -0.39 is 11.6 Å². The van der Waals surface area contributed by atoms with Crippen LogP contribution >= 0.6 is 11.3 Å². The maximum absolute atomic E-state index is 13.9. The molecule has 0 amide bonds. The fraction of sp³-hybridized carbons (Fsp3) is 0. The lowest BCUT2D eigenvalue weighted by Gasteiger charge is -2.07. The zero-order valence-corrected chi connectivity index (χ0v) is 13.3. The van der Waals surface area contributed by atoms with Crippen LogP contribution in [0.5, 0.6) is 0 Å². The first-order chi connectivity index (χ1) is 11.7. The number of aromatic nitrogens is 1. The Bertz CT molecular complexity index is 1220. The van der Waals surface area contributed by atoms with Crippen molar-refractivity contribution in [3.63, 3.8) is 0 Å². The quantitative estimate of drug-likeness (QED) is 0.340. The van der Waals surface area contributed by atoms with Crippen molar-refractivity contribution in [2.45, 2.75) is 0 Å². The Hall–Kier alpha value is -2.72. The molecule has 5 aromatic rings. The Morgan fingerprint density at radius 3 is 2.29 bits per heavy atom. The third kappa shape index (κ3) is 1.77. The monoisotopic (exact) mass is 335 g/mol. The summed E-state index contributed by atoms with van der Waals surface area (Å²) >= 11 is 1.61. The Morgan fingerprint density at radius 1 is 0.750 bits per heavy atom. The van der Waals surface area contributed by atoms with Crippen molar-refractivity contribution in [1.82, 2.24) is 4.57 Å². The fourth-order valence-electron chi connectivity index (χ4n) is 3.31. The van der Waals surface area contributed by atoms with Crippen LogP contribution in [0.4, 0.5) is 8.78 Å². The fourth-order valence-corrected chi connectivity index (χ4v) is 4.52. The van der Waals surface area contributed by atoms with E-state index in [0.717, 1.165) is 31.4 Å². The third-order valence-electron chi connectivity index (χ3n) is 4.33. The molecule has 116 valence electrons. The van der Waals surface area contributed by atoms with E-state index in [-0.39, 0.29) is 0 Å². The first-order valence-corrected chi connectivity index (χ1v) is 8.42. The minimum atomic E-state index is -0.825. The Kier molecular flexibility index (Phi) is 2.79. The van der Waals surface area contributed by atoms with Gasteiger partial charge in [0.05, 0.1) is 15.7 Å². The second-order valence-corrected chi connectivity index (χ2v) is 6.78. The molecule has 1 nitrogen and oxygen atoms in total. The normalized spacial score (nSPS) is 11.8. The van der Waals surface area contributed by atoms with Crippen LogP contribution in [0.1, 0.15) is 0 Å². The van der Waals surface area contributed by atoms with E-state index in [1.54, 1.807) is 11.3 Å². The summed E-state index contributed by atoms with van der Waals surface area (Å²) < 4.78 is 31.9. The smallest absolute Gasteiger partial charge is 0.160 e. The number of rotatable bonds is 1. The van der Waals surface area contributed by atoms with Gasteiger partial charge in [-0.15, -0.1) is 11.3 Å². The average Bonchev–Trinajstić information content (AvgIpc) is 3.11. The second-order valence-electron chi connectivity index (χ2n) is 5.73. The van der Waals surface area contributed by atoms with Gasteiger partial charge in [0.1, 0.15) is 0 Å². The predicted molar refractivity (Wildman–Crippen MR) is 96.1 cm³/mol. The van der Waals surface area contributed by atoms with E-state index in [1.165, 1.54) is 12.1 Å². The van der Waals surface area contributed by atoms with Crippen LogP contribution in [-0.4, -0.2) is 4.57 Å². The van der Waals surface area contributed by atoms with Crippen LogP contribution in [0.25, 0.3) is 36.9 Å². The summed E-state index contributed by atoms with van der Waals surface area (Å²) in [6.45, 7) is 0. The highest BCUT2D eigenvalue weighted by molar-refractivity contribution is 7.26. The van der Waals surface area contributed by atoms with Gasteiger partial charge >= 0.3 is 0 Å². The molecule has 2 heterocycles. The molecule has 0 fully saturated rings. The van der Waals surface area contributed by atoms with E-state index in [9.17, 15) is 8.78 Å². The number of fused-ring (bicyclic) bond motifs is 5. The first kappa shape index (κ1) is 13.7. The van der Waals surface area contributed by atoms with Crippen molar-refractivity contribution < 1.29 is 8.78 Å².